The Kier molecular flexibility index (Phi) is 4.87. The van der Waals surface area contributed by atoms with Gasteiger partial charge >= 0.3 is 0 Å². The predicted molar refractivity (Wildman–Crippen MR) is 86.7 cm³/mol. The van der Waals surface area contributed by atoms with Gasteiger partial charge in [-0.1, -0.05) is 0 Å². The van der Waals surface area contributed by atoms with Gasteiger partial charge in [0.05, 0.1) is 0 Å². The summed E-state index contributed by atoms with van der Waals surface area (Å²) in [7, 11) is 0. The van der Waals surface area contributed by atoms with Crippen LogP contribution in [-0.4, -0.2) is 57.7 Å². The maximum atomic E-state index is 12.3. The van der Waals surface area contributed by atoms with Gasteiger partial charge in [0, 0.05) is 38.0 Å². The molecule has 10 nitrogen and oxygen atoms in total. The number of amides is 3. The first-order chi connectivity index (χ1) is 12.0. The van der Waals surface area contributed by atoms with E-state index in [1.165, 1.54) is 12.1 Å². The topological polar surface area (TPSA) is 137 Å². The Hall–Kier alpha value is -3.04. The molecule has 0 saturated carbocycles. The Labute approximate surface area is 142 Å². The maximum absolute atomic E-state index is 12.3. The van der Waals surface area contributed by atoms with Crippen molar-refractivity contribution >= 4 is 23.4 Å². The van der Waals surface area contributed by atoms with Crippen LogP contribution in [0.15, 0.2) is 22.0 Å². The summed E-state index contributed by atoms with van der Waals surface area (Å²) in [6.07, 6.45) is 1.80. The van der Waals surface area contributed by atoms with Crippen molar-refractivity contribution in [2.45, 2.75) is 31.7 Å². The second-order valence-corrected chi connectivity index (χ2v) is 5.94. The monoisotopic (exact) mass is 346 g/mol. The van der Waals surface area contributed by atoms with Crippen molar-refractivity contribution in [3.05, 3.63) is 28.2 Å². The molecule has 0 unspecified atom stereocenters. The summed E-state index contributed by atoms with van der Waals surface area (Å²) in [6.45, 7) is 0.960. The zero-order chi connectivity index (χ0) is 17.8. The van der Waals surface area contributed by atoms with Gasteiger partial charge < -0.3 is 10.2 Å². The van der Waals surface area contributed by atoms with Gasteiger partial charge in [-0.05, 0) is 18.9 Å². The van der Waals surface area contributed by atoms with E-state index >= 15 is 0 Å². The summed E-state index contributed by atoms with van der Waals surface area (Å²) in [4.78, 5) is 48.1. The van der Waals surface area contributed by atoms with Crippen LogP contribution in [0, 0.1) is 0 Å². The van der Waals surface area contributed by atoms with E-state index in [4.69, 9.17) is 0 Å². The maximum Gasteiger partial charge on any atom is 0.274 e. The third-order valence-corrected chi connectivity index (χ3v) is 4.18. The molecule has 10 heteroatoms. The Balaban J connectivity index is 1.51. The van der Waals surface area contributed by atoms with Crippen LogP contribution in [-0.2, 0) is 9.59 Å². The van der Waals surface area contributed by atoms with Crippen molar-refractivity contribution in [2.24, 2.45) is 5.10 Å². The fraction of sp³-hybridized carbons (Fsp3) is 0.467. The molecule has 2 aliphatic heterocycles. The molecule has 0 spiro atoms. The Bertz CT molecular complexity index is 758. The van der Waals surface area contributed by atoms with Gasteiger partial charge in [0.15, 0.2) is 0 Å². The Morgan fingerprint density at radius 1 is 1.16 bits per heavy atom. The van der Waals surface area contributed by atoms with Crippen molar-refractivity contribution in [3.63, 3.8) is 0 Å². The van der Waals surface area contributed by atoms with Gasteiger partial charge in [-0.2, -0.15) is 10.2 Å². The number of hydrogen-bond donors (Lipinski definition) is 3. The summed E-state index contributed by atoms with van der Waals surface area (Å²) in [5.74, 6) is -0.730. The van der Waals surface area contributed by atoms with Crippen molar-refractivity contribution in [2.75, 3.05) is 13.1 Å². The van der Waals surface area contributed by atoms with Crippen LogP contribution in [0.2, 0.25) is 0 Å². The number of carbonyl (C=O) groups excluding carboxylic acids is 3. The van der Waals surface area contributed by atoms with Gasteiger partial charge in [0.2, 0.25) is 5.91 Å². The number of hydrazone groups is 1. The molecule has 1 fully saturated rings. The summed E-state index contributed by atoms with van der Waals surface area (Å²) < 4.78 is 0. The first-order valence-electron chi connectivity index (χ1n) is 8.04. The van der Waals surface area contributed by atoms with Gasteiger partial charge in [-0.15, -0.1) is 0 Å². The number of piperidine rings is 1. The fourth-order valence-electron chi connectivity index (χ4n) is 2.76. The summed E-state index contributed by atoms with van der Waals surface area (Å²) >= 11 is 0. The summed E-state index contributed by atoms with van der Waals surface area (Å²) in [5.41, 5.74) is 2.44. The van der Waals surface area contributed by atoms with Gasteiger partial charge in [-0.25, -0.2) is 10.5 Å². The fourth-order valence-corrected chi connectivity index (χ4v) is 2.76. The molecule has 0 aliphatic carbocycles. The lowest BCUT2D eigenvalue weighted by atomic mass is 10.0. The number of aromatic amines is 1. The predicted octanol–water partition coefficient (Wildman–Crippen LogP) is -1.24. The Morgan fingerprint density at radius 3 is 2.52 bits per heavy atom. The molecule has 3 N–H and O–H groups in total. The van der Waals surface area contributed by atoms with E-state index in [0.717, 1.165) is 0 Å². The summed E-state index contributed by atoms with van der Waals surface area (Å²) in [6, 6.07) is 2.60. The van der Waals surface area contributed by atoms with Crippen molar-refractivity contribution in [1.82, 2.24) is 25.8 Å². The molecule has 3 heterocycles. The summed E-state index contributed by atoms with van der Waals surface area (Å²) in [5, 5.41) is 12.6. The van der Waals surface area contributed by atoms with E-state index in [9.17, 15) is 19.2 Å². The van der Waals surface area contributed by atoms with Crippen LogP contribution >= 0.6 is 0 Å². The molecular weight excluding hydrogens is 328 g/mol. The molecule has 3 amide bonds. The number of likely N-dealkylation sites (tertiary alicyclic amines) is 1. The smallest absolute Gasteiger partial charge is 0.274 e. The molecule has 132 valence electrons. The van der Waals surface area contributed by atoms with E-state index in [-0.39, 0.29) is 41.4 Å². The number of rotatable bonds is 3. The minimum atomic E-state index is -0.361. The number of carbonyl (C=O) groups is 3. The van der Waals surface area contributed by atoms with E-state index in [1.54, 1.807) is 4.90 Å². The van der Waals surface area contributed by atoms with Gasteiger partial charge in [0.25, 0.3) is 17.4 Å². The van der Waals surface area contributed by atoms with Crippen LogP contribution in [0.5, 0.6) is 0 Å². The lowest BCUT2D eigenvalue weighted by Crippen LogP contribution is -2.49. The third kappa shape index (κ3) is 4.08. The highest BCUT2D eigenvalue weighted by molar-refractivity contribution is 6.39. The largest absolute Gasteiger partial charge is 0.348 e. The molecule has 1 saturated heterocycles. The highest BCUT2D eigenvalue weighted by Crippen LogP contribution is 2.13. The van der Waals surface area contributed by atoms with Crippen LogP contribution < -0.4 is 16.3 Å². The Morgan fingerprint density at radius 2 is 1.92 bits per heavy atom. The lowest BCUT2D eigenvalue weighted by molar-refractivity contribution is -0.121. The molecule has 0 aromatic carbocycles. The minimum Gasteiger partial charge on any atom is -0.348 e. The van der Waals surface area contributed by atoms with Crippen LogP contribution in [0.1, 0.15) is 36.2 Å². The van der Waals surface area contributed by atoms with E-state index in [1.807, 2.05) is 0 Å². The lowest BCUT2D eigenvalue weighted by Gasteiger charge is -2.32. The van der Waals surface area contributed by atoms with E-state index < -0.39 is 0 Å². The quantitative estimate of drug-likeness (QED) is 0.628. The highest BCUT2D eigenvalue weighted by Gasteiger charge is 2.27. The van der Waals surface area contributed by atoms with Gasteiger partial charge in [-0.3, -0.25) is 19.2 Å². The molecule has 0 radical (unpaired) electrons. The molecule has 0 atom stereocenters. The number of nitrogens with zero attached hydrogens (tertiary/aromatic N) is 3. The molecule has 1 aromatic heterocycles. The van der Waals surface area contributed by atoms with Gasteiger partial charge in [0.1, 0.15) is 11.4 Å². The SMILES string of the molecule is O=C1CCC(C(=O)NC2CCN(C(=O)c3ccc(=O)[nH]n3)CC2)=NN1. The highest BCUT2D eigenvalue weighted by atomic mass is 16.2. The zero-order valence-corrected chi connectivity index (χ0v) is 13.4. The number of H-pyrrole nitrogens is 1. The molecule has 3 rings (SSSR count). The first-order valence-corrected chi connectivity index (χ1v) is 8.04. The molecule has 2 aliphatic rings. The van der Waals surface area contributed by atoms with Crippen molar-refractivity contribution < 1.29 is 14.4 Å². The normalized spacial score (nSPS) is 18.3. The van der Waals surface area contributed by atoms with E-state index in [2.05, 4.69) is 26.0 Å². The number of nitrogens with one attached hydrogen (secondary N) is 3. The third-order valence-electron chi connectivity index (χ3n) is 4.18. The average molecular weight is 346 g/mol. The molecule has 1 aromatic rings. The zero-order valence-electron chi connectivity index (χ0n) is 13.4. The van der Waals surface area contributed by atoms with Crippen LogP contribution in [0.4, 0.5) is 0 Å². The number of aromatic nitrogens is 2. The first kappa shape index (κ1) is 16.8. The standard InChI is InChI=1S/C15H18N6O4/c22-12-3-1-10(17-19-12)14(24)16-9-5-7-21(8-6-9)15(25)11-2-4-13(23)20-18-11/h2,4,9H,1,3,5-8H2,(H,16,24)(H,19,22)(H,20,23). The van der Waals surface area contributed by atoms with E-state index in [0.29, 0.717) is 38.1 Å². The van der Waals surface area contributed by atoms with Crippen LogP contribution in [0.3, 0.4) is 0 Å². The second-order valence-electron chi connectivity index (χ2n) is 5.94. The van der Waals surface area contributed by atoms with Crippen molar-refractivity contribution in [1.29, 1.82) is 0 Å². The number of hydrogen-bond acceptors (Lipinski definition) is 6. The van der Waals surface area contributed by atoms with Crippen molar-refractivity contribution in [3.8, 4) is 0 Å². The minimum absolute atomic E-state index is 0.0552. The molecule has 0 bridgehead atoms. The molecular formula is C15H18N6O4. The average Bonchev–Trinajstić information content (AvgIpc) is 2.63. The molecule has 25 heavy (non-hydrogen) atoms. The van der Waals surface area contributed by atoms with Crippen LogP contribution in [0.25, 0.3) is 0 Å². The second kappa shape index (κ2) is 7.24.